The molecule has 0 aliphatic carbocycles. The zero-order valence-electron chi connectivity index (χ0n) is 17.3. The average Bonchev–Trinajstić information content (AvgIpc) is 3.09. The van der Waals surface area contributed by atoms with E-state index < -0.39 is 11.9 Å². The first-order valence-electron chi connectivity index (χ1n) is 10.6. The first kappa shape index (κ1) is 20.3. The van der Waals surface area contributed by atoms with E-state index in [-0.39, 0.29) is 12.3 Å². The SMILES string of the molecule is CCN1Cc2cc(OCCc3cn4c(n3)NCCC4)ccc2CC(CC(=O)O)C1=O. The van der Waals surface area contributed by atoms with Crippen LogP contribution in [0.1, 0.15) is 36.6 Å². The van der Waals surface area contributed by atoms with Crippen molar-refractivity contribution in [3.05, 3.63) is 41.2 Å². The van der Waals surface area contributed by atoms with Crippen molar-refractivity contribution in [1.82, 2.24) is 14.5 Å². The first-order chi connectivity index (χ1) is 14.5. The Morgan fingerprint density at radius 1 is 1.37 bits per heavy atom. The van der Waals surface area contributed by atoms with Crippen molar-refractivity contribution in [3.8, 4) is 5.75 Å². The van der Waals surface area contributed by atoms with Crippen LogP contribution >= 0.6 is 0 Å². The number of carboxylic acids is 1. The van der Waals surface area contributed by atoms with E-state index in [2.05, 4.69) is 21.1 Å². The molecule has 1 unspecified atom stereocenters. The summed E-state index contributed by atoms with van der Waals surface area (Å²) in [7, 11) is 0. The quantitative estimate of drug-likeness (QED) is 0.725. The zero-order valence-corrected chi connectivity index (χ0v) is 17.3. The van der Waals surface area contributed by atoms with Crippen molar-refractivity contribution in [2.24, 2.45) is 5.92 Å². The molecule has 2 aliphatic heterocycles. The van der Waals surface area contributed by atoms with Crippen molar-refractivity contribution >= 4 is 17.8 Å². The summed E-state index contributed by atoms with van der Waals surface area (Å²) in [5, 5.41) is 12.5. The number of hydrogen-bond donors (Lipinski definition) is 2. The second-order valence-electron chi connectivity index (χ2n) is 7.91. The number of aryl methyl sites for hydroxylation is 1. The summed E-state index contributed by atoms with van der Waals surface area (Å²) in [4.78, 5) is 30.2. The maximum Gasteiger partial charge on any atom is 0.304 e. The fourth-order valence-electron chi connectivity index (χ4n) is 4.20. The molecular weight excluding hydrogens is 384 g/mol. The van der Waals surface area contributed by atoms with E-state index in [0.29, 0.717) is 26.1 Å². The van der Waals surface area contributed by atoms with Crippen molar-refractivity contribution in [2.45, 2.75) is 45.7 Å². The zero-order chi connectivity index (χ0) is 21.1. The van der Waals surface area contributed by atoms with Crippen molar-refractivity contribution in [2.75, 3.05) is 25.0 Å². The van der Waals surface area contributed by atoms with Gasteiger partial charge in [-0.15, -0.1) is 0 Å². The summed E-state index contributed by atoms with van der Waals surface area (Å²) in [5.74, 6) is 0.147. The molecule has 160 valence electrons. The number of nitrogens with one attached hydrogen (secondary N) is 1. The summed E-state index contributed by atoms with van der Waals surface area (Å²) in [5.41, 5.74) is 3.05. The Kier molecular flexibility index (Phi) is 5.92. The van der Waals surface area contributed by atoms with Gasteiger partial charge in [-0.3, -0.25) is 9.59 Å². The molecule has 0 saturated carbocycles. The number of anilines is 1. The largest absolute Gasteiger partial charge is 0.493 e. The van der Waals surface area contributed by atoms with Crippen molar-refractivity contribution < 1.29 is 19.4 Å². The van der Waals surface area contributed by atoms with Gasteiger partial charge in [0.05, 0.1) is 24.6 Å². The number of nitrogens with zero attached hydrogens (tertiary/aromatic N) is 3. The number of fused-ring (bicyclic) bond motifs is 2. The normalized spacial score (nSPS) is 18.2. The van der Waals surface area contributed by atoms with Crippen LogP contribution in [0.25, 0.3) is 0 Å². The number of imidazole rings is 1. The molecule has 30 heavy (non-hydrogen) atoms. The Bertz CT molecular complexity index is 916. The molecule has 2 aromatic rings. The van der Waals surface area contributed by atoms with Crippen LogP contribution in [0.5, 0.6) is 5.75 Å². The lowest BCUT2D eigenvalue weighted by Crippen LogP contribution is -2.35. The first-order valence-corrected chi connectivity index (χ1v) is 10.6. The van der Waals surface area contributed by atoms with Gasteiger partial charge in [0.1, 0.15) is 5.75 Å². The minimum Gasteiger partial charge on any atom is -0.493 e. The van der Waals surface area contributed by atoms with Gasteiger partial charge < -0.3 is 24.6 Å². The van der Waals surface area contributed by atoms with Gasteiger partial charge in [-0.2, -0.15) is 0 Å². The molecule has 3 heterocycles. The topological polar surface area (TPSA) is 96.7 Å². The van der Waals surface area contributed by atoms with E-state index in [4.69, 9.17) is 9.84 Å². The van der Waals surface area contributed by atoms with Gasteiger partial charge in [0.15, 0.2) is 0 Å². The molecule has 4 rings (SSSR count). The lowest BCUT2D eigenvalue weighted by molar-refractivity contribution is -0.144. The molecule has 2 aliphatic rings. The number of carboxylic acid groups (broad SMARTS) is 1. The number of aliphatic carboxylic acids is 1. The second kappa shape index (κ2) is 8.77. The molecule has 0 fully saturated rings. The van der Waals surface area contributed by atoms with Crippen LogP contribution in [0.3, 0.4) is 0 Å². The lowest BCUT2D eigenvalue weighted by Gasteiger charge is -2.22. The number of amides is 1. The fourth-order valence-corrected chi connectivity index (χ4v) is 4.20. The Hall–Kier alpha value is -3.03. The summed E-state index contributed by atoms with van der Waals surface area (Å²) in [6.45, 7) is 5.44. The van der Waals surface area contributed by atoms with Crippen molar-refractivity contribution in [1.29, 1.82) is 0 Å². The monoisotopic (exact) mass is 412 g/mol. The van der Waals surface area contributed by atoms with Crippen LogP contribution in [0.2, 0.25) is 0 Å². The van der Waals surface area contributed by atoms with E-state index in [0.717, 1.165) is 54.4 Å². The minimum absolute atomic E-state index is 0.0871. The maximum absolute atomic E-state index is 12.7. The van der Waals surface area contributed by atoms with E-state index in [1.807, 2.05) is 25.1 Å². The minimum atomic E-state index is -0.941. The van der Waals surface area contributed by atoms with Gasteiger partial charge in [-0.05, 0) is 43.0 Å². The summed E-state index contributed by atoms with van der Waals surface area (Å²) in [6.07, 6.45) is 4.22. The highest BCUT2D eigenvalue weighted by Crippen LogP contribution is 2.28. The second-order valence-corrected chi connectivity index (χ2v) is 7.91. The number of carbonyl (C=O) groups excluding carboxylic acids is 1. The summed E-state index contributed by atoms with van der Waals surface area (Å²) in [6, 6.07) is 5.85. The Morgan fingerprint density at radius 2 is 2.23 bits per heavy atom. The molecule has 0 radical (unpaired) electrons. The van der Waals surface area contributed by atoms with Crippen LogP contribution in [0, 0.1) is 5.92 Å². The van der Waals surface area contributed by atoms with E-state index in [9.17, 15) is 9.59 Å². The lowest BCUT2D eigenvalue weighted by atomic mass is 9.94. The number of ether oxygens (including phenoxy) is 1. The molecule has 1 aromatic carbocycles. The molecule has 0 spiro atoms. The average molecular weight is 412 g/mol. The summed E-state index contributed by atoms with van der Waals surface area (Å²) < 4.78 is 8.11. The molecule has 1 amide bonds. The van der Waals surface area contributed by atoms with Crippen LogP contribution in [-0.2, 0) is 35.5 Å². The van der Waals surface area contributed by atoms with Gasteiger partial charge in [-0.1, -0.05) is 6.07 Å². The third-order valence-corrected chi connectivity index (χ3v) is 5.78. The van der Waals surface area contributed by atoms with Crippen LogP contribution in [-0.4, -0.2) is 51.1 Å². The molecule has 0 saturated heterocycles. The highest BCUT2D eigenvalue weighted by Gasteiger charge is 2.30. The van der Waals surface area contributed by atoms with Crippen LogP contribution in [0.15, 0.2) is 24.4 Å². The number of benzene rings is 1. The molecule has 8 heteroatoms. The van der Waals surface area contributed by atoms with Gasteiger partial charge in [0.25, 0.3) is 0 Å². The maximum atomic E-state index is 12.7. The number of rotatable bonds is 7. The Balaban J connectivity index is 1.42. The smallest absolute Gasteiger partial charge is 0.304 e. The molecule has 1 atom stereocenters. The van der Waals surface area contributed by atoms with E-state index in [1.54, 1.807) is 4.90 Å². The van der Waals surface area contributed by atoms with Gasteiger partial charge >= 0.3 is 5.97 Å². The summed E-state index contributed by atoms with van der Waals surface area (Å²) >= 11 is 0. The van der Waals surface area contributed by atoms with E-state index >= 15 is 0 Å². The number of hydrogen-bond acceptors (Lipinski definition) is 5. The standard InChI is InChI=1S/C22H28N4O4/c1-2-25-13-17-11-19(5-4-15(17)10-16(21(25)29)12-20(27)28)30-9-6-18-14-26-8-3-7-23-22(26)24-18/h4-5,11,14,16H,2-3,6-10,12-13H2,1H3,(H,23,24)(H,27,28). The van der Waals surface area contributed by atoms with Crippen LogP contribution in [0.4, 0.5) is 5.95 Å². The van der Waals surface area contributed by atoms with Crippen molar-refractivity contribution in [3.63, 3.8) is 0 Å². The van der Waals surface area contributed by atoms with E-state index in [1.165, 1.54) is 0 Å². The molecule has 0 bridgehead atoms. The van der Waals surface area contributed by atoms with Crippen LogP contribution < -0.4 is 10.1 Å². The predicted octanol–water partition coefficient (Wildman–Crippen LogP) is 2.32. The molecule has 8 nitrogen and oxygen atoms in total. The van der Waals surface area contributed by atoms with Gasteiger partial charge in [0, 0.05) is 38.8 Å². The molecular formula is C22H28N4O4. The molecule has 2 N–H and O–H groups in total. The highest BCUT2D eigenvalue weighted by atomic mass is 16.5. The highest BCUT2D eigenvalue weighted by molar-refractivity contribution is 5.84. The predicted molar refractivity (Wildman–Crippen MR) is 112 cm³/mol. The third-order valence-electron chi connectivity index (χ3n) is 5.78. The number of aromatic nitrogens is 2. The fraction of sp³-hybridized carbons (Fsp3) is 0.500. The third kappa shape index (κ3) is 4.42. The number of carbonyl (C=O) groups is 2. The molecule has 1 aromatic heterocycles. The van der Waals surface area contributed by atoms with Gasteiger partial charge in [0.2, 0.25) is 11.9 Å². The Morgan fingerprint density at radius 3 is 3.00 bits per heavy atom. The van der Waals surface area contributed by atoms with Gasteiger partial charge in [-0.25, -0.2) is 4.98 Å². The Labute approximate surface area is 175 Å².